The molecule has 2 bridgehead atoms. The van der Waals surface area contributed by atoms with Gasteiger partial charge in [0.25, 0.3) is 5.91 Å². The van der Waals surface area contributed by atoms with Crippen LogP contribution >= 0.6 is 0 Å². The molecule has 4 heterocycles. The van der Waals surface area contributed by atoms with E-state index in [1.54, 1.807) is 10.9 Å². The van der Waals surface area contributed by atoms with Crippen molar-refractivity contribution < 1.29 is 9.53 Å². The van der Waals surface area contributed by atoms with Crippen molar-refractivity contribution in [3.05, 3.63) is 47.8 Å². The molecule has 2 aliphatic carbocycles. The van der Waals surface area contributed by atoms with Gasteiger partial charge in [-0.1, -0.05) is 0 Å². The minimum atomic E-state index is -0.196. The Morgan fingerprint density at radius 1 is 1.02 bits per heavy atom. The molecule has 1 amide bonds. The highest BCUT2D eigenvalue weighted by Gasteiger charge is 2.33. The number of aromatic nitrogens is 5. The number of carbonyl (C=O) groups excluding carboxylic acids is 1. The second kappa shape index (κ2) is 11.3. The Balaban J connectivity index is 1.30. The molecule has 3 aliphatic rings. The smallest absolute Gasteiger partial charge is 0.258 e. The Bertz CT molecular complexity index is 1650. The highest BCUT2D eigenvalue weighted by atomic mass is 16.5. The number of benzene rings is 1. The van der Waals surface area contributed by atoms with Gasteiger partial charge in [-0.15, -0.1) is 0 Å². The molecule has 0 unspecified atom stereocenters. The van der Waals surface area contributed by atoms with Crippen LogP contribution in [0, 0.1) is 18.8 Å². The van der Waals surface area contributed by atoms with Crippen LogP contribution < -0.4 is 15.0 Å². The minimum absolute atomic E-state index is 0.196. The first kappa shape index (κ1) is 27.9. The van der Waals surface area contributed by atoms with Gasteiger partial charge in [0, 0.05) is 49.7 Å². The van der Waals surface area contributed by atoms with E-state index in [4.69, 9.17) is 14.7 Å². The molecule has 10 heteroatoms. The van der Waals surface area contributed by atoms with E-state index >= 15 is 0 Å². The second-order valence-corrected chi connectivity index (χ2v) is 12.9. The van der Waals surface area contributed by atoms with E-state index in [0.717, 1.165) is 54.8 Å². The number of hydrogen-bond donors (Lipinski definition) is 1. The Morgan fingerprint density at radius 2 is 1.86 bits per heavy atom. The van der Waals surface area contributed by atoms with Crippen LogP contribution in [0.15, 0.2) is 36.5 Å². The molecule has 10 nitrogen and oxygen atoms in total. The minimum Gasteiger partial charge on any atom is -0.477 e. The van der Waals surface area contributed by atoms with E-state index in [1.165, 1.54) is 31.4 Å². The molecule has 43 heavy (non-hydrogen) atoms. The maximum atomic E-state index is 13.8. The number of rotatable bonds is 6. The number of nitrogens with zero attached hydrogens (tertiary/aromatic N) is 7. The Labute approximate surface area is 253 Å². The van der Waals surface area contributed by atoms with Gasteiger partial charge in [-0.2, -0.15) is 5.10 Å². The molecule has 226 valence electrons. The van der Waals surface area contributed by atoms with E-state index in [-0.39, 0.29) is 5.91 Å². The van der Waals surface area contributed by atoms with Crippen LogP contribution in [0.3, 0.4) is 0 Å². The number of fused-ring (bicyclic) bond motifs is 7. The molecule has 1 N–H and O–H groups in total. The number of likely N-dealkylation sites (N-methyl/N-ethyl adjacent to an activating group) is 1. The second-order valence-electron chi connectivity index (χ2n) is 12.9. The van der Waals surface area contributed by atoms with Crippen LogP contribution in [0.25, 0.3) is 22.3 Å². The Hall–Kier alpha value is -3.92. The third-order valence-electron chi connectivity index (χ3n) is 9.10. The Kier molecular flexibility index (Phi) is 7.33. The summed E-state index contributed by atoms with van der Waals surface area (Å²) in [5.74, 6) is 2.27. The average Bonchev–Trinajstić information content (AvgIpc) is 3.91. The molecular formula is C33H42N8O2. The predicted molar refractivity (Wildman–Crippen MR) is 169 cm³/mol. The molecule has 0 radical (unpaired) electrons. The van der Waals surface area contributed by atoms with Crippen molar-refractivity contribution in [2.45, 2.75) is 58.0 Å². The van der Waals surface area contributed by atoms with Gasteiger partial charge < -0.3 is 19.1 Å². The molecule has 0 saturated heterocycles. The van der Waals surface area contributed by atoms with E-state index in [1.807, 2.05) is 26.1 Å². The topological polar surface area (TPSA) is 93.3 Å². The first-order valence-corrected chi connectivity index (χ1v) is 15.7. The van der Waals surface area contributed by atoms with Gasteiger partial charge in [-0.3, -0.25) is 15.1 Å². The van der Waals surface area contributed by atoms with Crippen LogP contribution in [0.5, 0.6) is 5.88 Å². The van der Waals surface area contributed by atoms with Gasteiger partial charge in [0.05, 0.1) is 35.1 Å². The van der Waals surface area contributed by atoms with Gasteiger partial charge in [0.2, 0.25) is 11.8 Å². The first-order chi connectivity index (χ1) is 20.8. The first-order valence-electron chi connectivity index (χ1n) is 15.7. The highest BCUT2D eigenvalue weighted by Crippen LogP contribution is 2.42. The molecule has 2 saturated carbocycles. The van der Waals surface area contributed by atoms with Crippen LogP contribution in [-0.2, 0) is 13.6 Å². The zero-order chi connectivity index (χ0) is 29.7. The molecule has 2 fully saturated rings. The van der Waals surface area contributed by atoms with Crippen molar-refractivity contribution >= 4 is 28.6 Å². The van der Waals surface area contributed by atoms with Gasteiger partial charge in [0.15, 0.2) is 0 Å². The van der Waals surface area contributed by atoms with Crippen LogP contribution in [0.4, 0.5) is 11.6 Å². The van der Waals surface area contributed by atoms with Crippen molar-refractivity contribution in [3.8, 4) is 17.1 Å². The third-order valence-corrected chi connectivity index (χ3v) is 9.10. The number of imidazole rings is 1. The molecule has 3 aromatic heterocycles. The van der Waals surface area contributed by atoms with Crippen LogP contribution in [0.2, 0.25) is 0 Å². The Morgan fingerprint density at radius 3 is 2.63 bits per heavy atom. The quantitative estimate of drug-likeness (QED) is 0.337. The summed E-state index contributed by atoms with van der Waals surface area (Å²) in [4.78, 5) is 28.3. The number of hydrogen-bond acceptors (Lipinski definition) is 7. The van der Waals surface area contributed by atoms with E-state index in [9.17, 15) is 4.79 Å². The summed E-state index contributed by atoms with van der Waals surface area (Å²) in [6.07, 6.45) is 8.76. The molecular weight excluding hydrogens is 540 g/mol. The number of ether oxygens (including phenoxy) is 1. The highest BCUT2D eigenvalue weighted by molar-refractivity contribution is 6.05. The van der Waals surface area contributed by atoms with Crippen molar-refractivity contribution in [3.63, 3.8) is 0 Å². The van der Waals surface area contributed by atoms with E-state index in [2.05, 4.69) is 57.1 Å². The molecule has 0 spiro atoms. The van der Waals surface area contributed by atoms with Crippen molar-refractivity contribution in [2.75, 3.05) is 44.0 Å². The summed E-state index contributed by atoms with van der Waals surface area (Å²) in [5, 5.41) is 7.64. The molecule has 1 aromatic carbocycles. The zero-order valence-electron chi connectivity index (χ0n) is 25.7. The summed E-state index contributed by atoms with van der Waals surface area (Å²) in [7, 11) is 6.14. The lowest BCUT2D eigenvalue weighted by molar-refractivity contribution is 0.102. The normalized spacial score (nSPS) is 19.3. The number of aryl methyl sites for hydroxylation is 2. The summed E-state index contributed by atoms with van der Waals surface area (Å²) < 4.78 is 10.3. The third kappa shape index (κ3) is 5.85. The number of anilines is 2. The monoisotopic (exact) mass is 582 g/mol. The molecule has 4 aromatic rings. The number of amides is 1. The summed E-state index contributed by atoms with van der Waals surface area (Å²) >= 11 is 0. The fraction of sp³-hybridized carbons (Fsp3) is 0.515. The number of pyridine rings is 1. The van der Waals surface area contributed by atoms with Gasteiger partial charge in [-0.05, 0) is 102 Å². The predicted octanol–water partition coefficient (Wildman–Crippen LogP) is 5.12. The summed E-state index contributed by atoms with van der Waals surface area (Å²) in [6, 6.07) is 10.9. The fourth-order valence-corrected chi connectivity index (χ4v) is 6.46. The maximum absolute atomic E-state index is 13.8. The largest absolute Gasteiger partial charge is 0.477 e. The SMILES string of the molecule is Cc1cc2cc(n1)-c1cnn(C)c1OCCC[C@@H](C1CC1)Cn1c(nc3ccc(N(CCN(C)C)C4CC4)cc31)NC2=O. The van der Waals surface area contributed by atoms with Crippen molar-refractivity contribution in [2.24, 2.45) is 18.9 Å². The summed E-state index contributed by atoms with van der Waals surface area (Å²) in [5.41, 5.74) is 5.99. The van der Waals surface area contributed by atoms with Gasteiger partial charge >= 0.3 is 0 Å². The van der Waals surface area contributed by atoms with Crippen LogP contribution in [-0.4, -0.2) is 75.0 Å². The number of carbonyl (C=O) groups is 1. The lowest BCUT2D eigenvalue weighted by Crippen LogP contribution is -2.33. The number of nitrogens with one attached hydrogen (secondary N) is 1. The van der Waals surface area contributed by atoms with Crippen LogP contribution in [0.1, 0.15) is 54.6 Å². The fourth-order valence-electron chi connectivity index (χ4n) is 6.46. The van der Waals surface area contributed by atoms with Gasteiger partial charge in [-0.25, -0.2) is 9.67 Å². The van der Waals surface area contributed by atoms with Crippen molar-refractivity contribution in [1.29, 1.82) is 0 Å². The molecule has 7 rings (SSSR count). The van der Waals surface area contributed by atoms with Crippen molar-refractivity contribution in [1.82, 2.24) is 29.2 Å². The lowest BCUT2D eigenvalue weighted by atomic mass is 9.97. The van der Waals surface area contributed by atoms with E-state index in [0.29, 0.717) is 47.6 Å². The molecule has 1 aliphatic heterocycles. The van der Waals surface area contributed by atoms with Gasteiger partial charge in [0.1, 0.15) is 0 Å². The molecule has 1 atom stereocenters. The lowest BCUT2D eigenvalue weighted by Gasteiger charge is -2.26. The maximum Gasteiger partial charge on any atom is 0.258 e. The zero-order valence-corrected chi connectivity index (χ0v) is 25.7. The average molecular weight is 583 g/mol. The van der Waals surface area contributed by atoms with E-state index < -0.39 is 0 Å². The summed E-state index contributed by atoms with van der Waals surface area (Å²) in [6.45, 7) is 5.33. The standard InChI is InChI=1S/C33H42N8O2/c1-21-16-24-17-29(35-21)27-19-34-39(4)32(27)43-15-5-6-23(22-7-8-22)20-41-30-18-26(40(25-9-10-25)14-13-38(2)3)11-12-28(30)36-33(41)37-31(24)42/h11-12,16-19,22-23,25H,5-10,13-15,20H2,1-4H3,(H,36,37,42)/t23-/m1/s1.